The van der Waals surface area contributed by atoms with Gasteiger partial charge in [0.25, 0.3) is 0 Å². The van der Waals surface area contributed by atoms with Gasteiger partial charge < -0.3 is 5.32 Å². The van der Waals surface area contributed by atoms with Crippen molar-refractivity contribution in [2.45, 2.75) is 44.9 Å². The number of hydrogen-bond acceptors (Lipinski definition) is 3. The Morgan fingerprint density at radius 1 is 1.21 bits per heavy atom. The molecule has 6 heteroatoms. The Morgan fingerprint density at radius 2 is 2.04 bits per heavy atom. The Morgan fingerprint density at radius 3 is 2.83 bits per heavy atom. The summed E-state index contributed by atoms with van der Waals surface area (Å²) in [5.41, 5.74) is 2.18. The molecule has 0 bridgehead atoms. The van der Waals surface area contributed by atoms with Gasteiger partial charge in [0, 0.05) is 17.8 Å². The lowest BCUT2D eigenvalue weighted by atomic mass is 10.0. The molecule has 0 atom stereocenters. The molecular weight excluding hydrogens is 363 g/mol. The van der Waals surface area contributed by atoms with Crippen molar-refractivity contribution in [2.24, 2.45) is 0 Å². The molecule has 3 nitrogen and oxygen atoms in total. The summed E-state index contributed by atoms with van der Waals surface area (Å²) < 4.78 is 0. The van der Waals surface area contributed by atoms with Crippen LogP contribution in [0.25, 0.3) is 0 Å². The first-order valence-electron chi connectivity index (χ1n) is 8.30. The van der Waals surface area contributed by atoms with Crippen LogP contribution in [0.4, 0.5) is 0 Å². The maximum Gasteiger partial charge on any atom is 0.224 e. The monoisotopic (exact) mass is 382 g/mol. The van der Waals surface area contributed by atoms with Crippen molar-refractivity contribution in [3.8, 4) is 0 Å². The highest BCUT2D eigenvalue weighted by atomic mass is 35.5. The van der Waals surface area contributed by atoms with Gasteiger partial charge in [0.1, 0.15) is 0 Å². The van der Waals surface area contributed by atoms with E-state index in [9.17, 15) is 4.79 Å². The van der Waals surface area contributed by atoms with E-state index in [0.717, 1.165) is 24.8 Å². The molecular formula is C18H20Cl2N2OS. The van der Waals surface area contributed by atoms with E-state index >= 15 is 0 Å². The molecule has 1 aromatic carbocycles. The van der Waals surface area contributed by atoms with Gasteiger partial charge in [-0.25, -0.2) is 4.98 Å². The first-order valence-corrected chi connectivity index (χ1v) is 9.87. The van der Waals surface area contributed by atoms with Crippen molar-refractivity contribution in [3.63, 3.8) is 0 Å². The number of rotatable bonds is 6. The number of carbonyl (C=O) groups is 1. The lowest BCUT2D eigenvalue weighted by molar-refractivity contribution is -0.120. The number of carbonyl (C=O) groups excluding carboxylic acids is 1. The van der Waals surface area contributed by atoms with Gasteiger partial charge in [0.2, 0.25) is 5.91 Å². The van der Waals surface area contributed by atoms with E-state index in [0.29, 0.717) is 23.0 Å². The second-order valence-corrected chi connectivity index (χ2v) is 8.05. The lowest BCUT2D eigenvalue weighted by Crippen LogP contribution is -2.26. The number of benzene rings is 1. The van der Waals surface area contributed by atoms with Crippen LogP contribution in [0.2, 0.25) is 10.0 Å². The molecule has 1 aromatic heterocycles. The highest BCUT2D eigenvalue weighted by Crippen LogP contribution is 2.27. The van der Waals surface area contributed by atoms with Gasteiger partial charge in [-0.1, -0.05) is 29.3 Å². The van der Waals surface area contributed by atoms with Crippen LogP contribution in [0.15, 0.2) is 18.2 Å². The van der Waals surface area contributed by atoms with Crippen LogP contribution < -0.4 is 5.32 Å². The third kappa shape index (κ3) is 4.71. The summed E-state index contributed by atoms with van der Waals surface area (Å²) in [5.74, 6) is 0.00632. The molecule has 0 saturated carbocycles. The molecule has 0 fully saturated rings. The topological polar surface area (TPSA) is 42.0 Å². The predicted molar refractivity (Wildman–Crippen MR) is 100 cm³/mol. The molecule has 1 heterocycles. The van der Waals surface area contributed by atoms with Crippen LogP contribution in [-0.2, 0) is 30.5 Å². The Bertz CT molecular complexity index is 706. The number of hydrogen-bond donors (Lipinski definition) is 1. The summed E-state index contributed by atoms with van der Waals surface area (Å²) in [4.78, 5) is 18.2. The Kier molecular flexibility index (Phi) is 6.14. The number of nitrogens with one attached hydrogen (secondary N) is 1. The normalized spacial score (nSPS) is 13.6. The van der Waals surface area contributed by atoms with Crippen molar-refractivity contribution in [3.05, 3.63) is 49.4 Å². The van der Waals surface area contributed by atoms with E-state index in [2.05, 4.69) is 5.32 Å². The molecule has 0 radical (unpaired) electrons. The van der Waals surface area contributed by atoms with E-state index in [4.69, 9.17) is 28.2 Å². The van der Waals surface area contributed by atoms with Crippen LogP contribution in [0, 0.1) is 0 Å². The fourth-order valence-electron chi connectivity index (χ4n) is 2.88. The third-order valence-electron chi connectivity index (χ3n) is 4.13. The number of nitrogens with zero attached hydrogens (tertiary/aromatic N) is 1. The number of halogens is 2. The molecule has 24 heavy (non-hydrogen) atoms. The molecule has 0 aliphatic heterocycles. The largest absolute Gasteiger partial charge is 0.356 e. The highest BCUT2D eigenvalue weighted by molar-refractivity contribution is 7.11. The van der Waals surface area contributed by atoms with Gasteiger partial charge in [-0.3, -0.25) is 4.79 Å². The Hall–Kier alpha value is -1.10. The summed E-state index contributed by atoms with van der Waals surface area (Å²) in [7, 11) is 0. The summed E-state index contributed by atoms with van der Waals surface area (Å²) in [6.07, 6.45) is 7.05. The summed E-state index contributed by atoms with van der Waals surface area (Å²) in [5, 5.41) is 5.16. The second-order valence-electron chi connectivity index (χ2n) is 6.06. The maximum atomic E-state index is 12.0. The van der Waals surface area contributed by atoms with Crippen molar-refractivity contribution in [1.29, 1.82) is 0 Å². The van der Waals surface area contributed by atoms with Crippen molar-refractivity contribution >= 4 is 40.4 Å². The van der Waals surface area contributed by atoms with Crippen molar-refractivity contribution in [1.82, 2.24) is 10.3 Å². The van der Waals surface area contributed by atoms with Gasteiger partial charge in [0.15, 0.2) is 0 Å². The maximum absolute atomic E-state index is 12.0. The molecule has 1 amide bonds. The van der Waals surface area contributed by atoms with E-state index in [1.807, 2.05) is 17.4 Å². The van der Waals surface area contributed by atoms with Crippen LogP contribution in [-0.4, -0.2) is 17.4 Å². The first kappa shape index (κ1) is 17.7. The number of thiazole rings is 1. The minimum Gasteiger partial charge on any atom is -0.356 e. The lowest BCUT2D eigenvalue weighted by Gasteiger charge is -2.06. The van der Waals surface area contributed by atoms with Gasteiger partial charge >= 0.3 is 0 Å². The average Bonchev–Trinajstić information content (AvgIpc) is 2.98. The van der Waals surface area contributed by atoms with Crippen LogP contribution in [0.5, 0.6) is 0 Å². The molecule has 0 spiro atoms. The van der Waals surface area contributed by atoms with E-state index in [1.165, 1.54) is 34.8 Å². The molecule has 3 rings (SSSR count). The minimum atomic E-state index is 0.00632. The van der Waals surface area contributed by atoms with Crippen molar-refractivity contribution in [2.75, 3.05) is 6.54 Å². The number of aromatic nitrogens is 1. The van der Waals surface area contributed by atoms with Crippen LogP contribution >= 0.6 is 34.5 Å². The molecule has 1 aliphatic carbocycles. The predicted octanol–water partition coefficient (Wildman–Crippen LogP) is 4.62. The third-order valence-corrected chi connectivity index (χ3v) is 6.08. The summed E-state index contributed by atoms with van der Waals surface area (Å²) in [6.45, 7) is 0.671. The van der Waals surface area contributed by atoms with Gasteiger partial charge in [-0.05, 0) is 49.8 Å². The Labute approximate surface area is 156 Å². The van der Waals surface area contributed by atoms with Gasteiger partial charge in [0.05, 0.1) is 27.2 Å². The van der Waals surface area contributed by atoms with E-state index in [-0.39, 0.29) is 5.91 Å². The molecule has 2 aromatic rings. The van der Waals surface area contributed by atoms with Crippen molar-refractivity contribution < 1.29 is 4.79 Å². The SMILES string of the molecule is O=C(Cc1ccc(Cl)c(Cl)c1)NCCCc1nc2c(s1)CCCC2. The first-order chi connectivity index (χ1) is 11.6. The molecule has 1 aliphatic rings. The molecule has 128 valence electrons. The summed E-state index contributed by atoms with van der Waals surface area (Å²) in [6, 6.07) is 5.29. The quantitative estimate of drug-likeness (QED) is 0.740. The van der Waals surface area contributed by atoms with Gasteiger partial charge in [-0.2, -0.15) is 0 Å². The minimum absolute atomic E-state index is 0.00632. The fraction of sp³-hybridized carbons (Fsp3) is 0.444. The standard InChI is InChI=1S/C18H20Cl2N2OS/c19-13-8-7-12(10-14(13)20)11-17(23)21-9-3-6-18-22-15-4-1-2-5-16(15)24-18/h7-8,10H,1-6,9,11H2,(H,21,23). The zero-order valence-electron chi connectivity index (χ0n) is 13.4. The average molecular weight is 383 g/mol. The Balaban J connectivity index is 1.40. The zero-order chi connectivity index (χ0) is 16.9. The van der Waals surface area contributed by atoms with Crippen LogP contribution in [0.3, 0.4) is 0 Å². The zero-order valence-corrected chi connectivity index (χ0v) is 15.7. The van der Waals surface area contributed by atoms with Crippen LogP contribution in [0.1, 0.15) is 40.4 Å². The van der Waals surface area contributed by atoms with Gasteiger partial charge in [-0.15, -0.1) is 11.3 Å². The summed E-state index contributed by atoms with van der Waals surface area (Å²) >= 11 is 13.7. The van der Waals surface area contributed by atoms with E-state index < -0.39 is 0 Å². The smallest absolute Gasteiger partial charge is 0.224 e. The number of amides is 1. The highest BCUT2D eigenvalue weighted by Gasteiger charge is 2.14. The fourth-order valence-corrected chi connectivity index (χ4v) is 4.40. The molecule has 0 saturated heterocycles. The second kappa shape index (κ2) is 8.32. The van der Waals surface area contributed by atoms with E-state index in [1.54, 1.807) is 12.1 Å². The molecule has 1 N–H and O–H groups in total. The number of fused-ring (bicyclic) bond motifs is 1. The molecule has 0 unspecified atom stereocenters. The number of aryl methyl sites for hydroxylation is 3.